The third-order valence-electron chi connectivity index (χ3n) is 4.83. The van der Waals surface area contributed by atoms with Crippen LogP contribution in [0.4, 0.5) is 13.2 Å². The number of halogens is 3. The average molecular weight is 421 g/mol. The van der Waals surface area contributed by atoms with Gasteiger partial charge in [-0.25, -0.2) is 0 Å². The Morgan fingerprint density at radius 1 is 0.577 bits per heavy atom. The summed E-state index contributed by atoms with van der Waals surface area (Å²) >= 11 is 0. The second kappa shape index (κ2) is 5.22. The molecule has 0 atom stereocenters. The maximum atomic E-state index is 13.3. The van der Waals surface area contributed by atoms with Gasteiger partial charge in [-0.2, -0.15) is 13.2 Å². The van der Waals surface area contributed by atoms with Crippen molar-refractivity contribution in [3.05, 3.63) is 48.0 Å². The number of hydrogen-bond acceptors (Lipinski definition) is 4. The molecule has 2 aliphatic rings. The fraction of sp³-hybridized carbons (Fsp3) is 0.0526. The molecule has 0 saturated carbocycles. The Morgan fingerprint density at radius 3 is 1.54 bits per heavy atom. The molecule has 0 unspecified atom stereocenters. The second-order valence-corrected chi connectivity index (χ2v) is 10.5. The van der Waals surface area contributed by atoms with Gasteiger partial charge in [0.1, 0.15) is 0 Å². The van der Waals surface area contributed by atoms with E-state index in [9.17, 15) is 13.2 Å². The van der Waals surface area contributed by atoms with E-state index in [2.05, 4.69) is 12.1 Å². The SMILES string of the molecule is FC(F)(F)c1ccc2c3c4c(c5ccccc5c5c4c(c2c1)SS5)SS3. The van der Waals surface area contributed by atoms with Gasteiger partial charge in [0.25, 0.3) is 0 Å². The molecule has 0 nitrogen and oxygen atoms in total. The first-order chi connectivity index (χ1) is 12.5. The molecule has 0 aromatic heterocycles. The van der Waals surface area contributed by atoms with Gasteiger partial charge in [-0.15, -0.1) is 0 Å². The van der Waals surface area contributed by atoms with Crippen molar-refractivity contribution in [3.8, 4) is 0 Å². The lowest BCUT2D eigenvalue weighted by Crippen LogP contribution is -2.04. The smallest absolute Gasteiger partial charge is 0.166 e. The van der Waals surface area contributed by atoms with Gasteiger partial charge in [0.2, 0.25) is 0 Å². The number of hydrogen-bond donors (Lipinski definition) is 0. The van der Waals surface area contributed by atoms with E-state index < -0.39 is 11.7 Å². The van der Waals surface area contributed by atoms with Crippen LogP contribution in [0.3, 0.4) is 0 Å². The molecular weight excluding hydrogens is 413 g/mol. The molecule has 0 N–H and O–H groups in total. The average Bonchev–Trinajstić information content (AvgIpc) is 3.25. The zero-order chi connectivity index (χ0) is 17.6. The lowest BCUT2D eigenvalue weighted by Gasteiger charge is -2.13. The van der Waals surface area contributed by atoms with Gasteiger partial charge in [-0.05, 0) is 33.7 Å². The Labute approximate surface area is 162 Å². The van der Waals surface area contributed by atoms with E-state index in [-0.39, 0.29) is 0 Å². The predicted octanol–water partition coefficient (Wildman–Crippen LogP) is 8.39. The molecule has 128 valence electrons. The monoisotopic (exact) mass is 420 g/mol. The highest BCUT2D eigenvalue weighted by atomic mass is 33.1. The Kier molecular flexibility index (Phi) is 3.18. The van der Waals surface area contributed by atoms with Crippen LogP contribution < -0.4 is 0 Å². The van der Waals surface area contributed by atoms with E-state index in [0.29, 0.717) is 0 Å². The lowest BCUT2D eigenvalue weighted by molar-refractivity contribution is -0.137. The van der Waals surface area contributed by atoms with E-state index >= 15 is 0 Å². The van der Waals surface area contributed by atoms with E-state index in [4.69, 9.17) is 0 Å². The molecule has 4 aromatic rings. The van der Waals surface area contributed by atoms with Crippen molar-refractivity contribution < 1.29 is 13.2 Å². The molecular formula is C19H7F3S4. The van der Waals surface area contributed by atoms with Gasteiger partial charge in [-0.1, -0.05) is 73.5 Å². The van der Waals surface area contributed by atoms with Crippen molar-refractivity contribution in [2.24, 2.45) is 0 Å². The van der Waals surface area contributed by atoms with Gasteiger partial charge < -0.3 is 0 Å². The summed E-state index contributed by atoms with van der Waals surface area (Å²) in [6, 6.07) is 12.5. The van der Waals surface area contributed by atoms with Crippen LogP contribution in [0.15, 0.2) is 62.0 Å². The Hall–Kier alpha value is -1.15. The van der Waals surface area contributed by atoms with Crippen LogP contribution in [0.2, 0.25) is 0 Å². The summed E-state index contributed by atoms with van der Waals surface area (Å²) < 4.78 is 39.8. The Balaban J connectivity index is 1.87. The van der Waals surface area contributed by atoms with Gasteiger partial charge in [-0.3, -0.25) is 0 Å². The quantitative estimate of drug-likeness (QED) is 0.207. The van der Waals surface area contributed by atoms with Crippen molar-refractivity contribution >= 4 is 75.5 Å². The van der Waals surface area contributed by atoms with Crippen molar-refractivity contribution in [2.45, 2.75) is 25.8 Å². The van der Waals surface area contributed by atoms with Crippen LogP contribution >= 0.6 is 43.2 Å². The maximum Gasteiger partial charge on any atom is 0.416 e. The van der Waals surface area contributed by atoms with Gasteiger partial charge in [0.15, 0.2) is 0 Å². The minimum atomic E-state index is -4.33. The number of benzene rings is 4. The van der Waals surface area contributed by atoms with Gasteiger partial charge in [0, 0.05) is 30.4 Å². The molecule has 0 aliphatic carbocycles. The zero-order valence-electron chi connectivity index (χ0n) is 12.8. The van der Waals surface area contributed by atoms with Crippen LogP contribution in [0, 0.1) is 0 Å². The molecule has 4 aromatic carbocycles. The summed E-state index contributed by atoms with van der Waals surface area (Å²) in [5, 5.41) is 6.42. The number of alkyl halides is 3. The first-order valence-electron chi connectivity index (χ1n) is 7.78. The Bertz CT molecular complexity index is 1280. The zero-order valence-corrected chi connectivity index (χ0v) is 16.1. The van der Waals surface area contributed by atoms with E-state index in [1.807, 2.05) is 12.1 Å². The molecule has 7 heteroatoms. The first-order valence-corrected chi connectivity index (χ1v) is 12.1. The minimum absolute atomic E-state index is 0.580. The van der Waals surface area contributed by atoms with Crippen LogP contribution in [-0.2, 0) is 6.18 Å². The minimum Gasteiger partial charge on any atom is -0.166 e. The topological polar surface area (TPSA) is 0 Å². The highest BCUT2D eigenvalue weighted by molar-refractivity contribution is 8.78. The van der Waals surface area contributed by atoms with Crippen molar-refractivity contribution in [1.29, 1.82) is 0 Å². The molecule has 2 heterocycles. The molecule has 0 radical (unpaired) electrons. The molecule has 2 aliphatic heterocycles. The normalized spacial score (nSPS) is 15.7. The fourth-order valence-electron chi connectivity index (χ4n) is 3.70. The molecule has 0 saturated heterocycles. The van der Waals surface area contributed by atoms with E-state index in [0.717, 1.165) is 25.9 Å². The van der Waals surface area contributed by atoms with Crippen LogP contribution in [0.5, 0.6) is 0 Å². The van der Waals surface area contributed by atoms with Gasteiger partial charge >= 0.3 is 6.18 Å². The standard InChI is InChI=1S/C19H7F3S4/c20-19(21,22)8-5-6-11-12(7-8)18-14-13-15(23-25-17(11)13)9-3-1-2-4-10(9)16(14)24-26-18/h1-7H. The molecule has 26 heavy (non-hydrogen) atoms. The summed E-state index contributed by atoms with van der Waals surface area (Å²) in [5.74, 6) is 0. The molecule has 0 spiro atoms. The number of rotatable bonds is 0. The van der Waals surface area contributed by atoms with Crippen LogP contribution in [0.1, 0.15) is 5.56 Å². The highest BCUT2D eigenvalue weighted by Gasteiger charge is 2.34. The summed E-state index contributed by atoms with van der Waals surface area (Å²) in [6.45, 7) is 0. The largest absolute Gasteiger partial charge is 0.416 e. The molecule has 0 fully saturated rings. The van der Waals surface area contributed by atoms with Crippen LogP contribution in [-0.4, -0.2) is 0 Å². The van der Waals surface area contributed by atoms with Crippen molar-refractivity contribution in [1.82, 2.24) is 0 Å². The fourth-order valence-corrected chi connectivity index (χ4v) is 9.45. The summed E-state index contributed by atoms with van der Waals surface area (Å²) in [4.78, 5) is 4.50. The maximum absolute atomic E-state index is 13.3. The Morgan fingerprint density at radius 2 is 1.04 bits per heavy atom. The molecule has 0 bridgehead atoms. The van der Waals surface area contributed by atoms with Crippen LogP contribution in [0.25, 0.3) is 32.3 Å². The highest BCUT2D eigenvalue weighted by Crippen LogP contribution is 2.65. The lowest BCUT2D eigenvalue weighted by atomic mass is 9.97. The van der Waals surface area contributed by atoms with Gasteiger partial charge in [0.05, 0.1) is 5.56 Å². The second-order valence-electron chi connectivity index (χ2n) is 6.20. The third-order valence-corrected chi connectivity index (χ3v) is 9.86. The summed E-state index contributed by atoms with van der Waals surface area (Å²) in [5.41, 5.74) is -0.580. The molecule has 0 amide bonds. The number of fused-ring (bicyclic) bond motifs is 6. The summed E-state index contributed by atoms with van der Waals surface area (Å²) in [6.07, 6.45) is -4.33. The summed E-state index contributed by atoms with van der Waals surface area (Å²) in [7, 11) is 6.64. The van der Waals surface area contributed by atoms with E-state index in [1.54, 1.807) is 49.2 Å². The van der Waals surface area contributed by atoms with E-state index in [1.165, 1.54) is 38.1 Å². The molecule has 6 rings (SSSR count). The third kappa shape index (κ3) is 1.95. The first kappa shape index (κ1) is 15.9. The van der Waals surface area contributed by atoms with Crippen molar-refractivity contribution in [2.75, 3.05) is 0 Å². The predicted molar refractivity (Wildman–Crippen MR) is 107 cm³/mol. The van der Waals surface area contributed by atoms with Crippen molar-refractivity contribution in [3.63, 3.8) is 0 Å².